The maximum atomic E-state index is 11.6. The van der Waals surface area contributed by atoms with Gasteiger partial charge in [0, 0.05) is 12.7 Å². The molecule has 1 unspecified atom stereocenters. The van der Waals surface area contributed by atoms with Crippen molar-refractivity contribution < 1.29 is 14.7 Å². The first kappa shape index (κ1) is 12.0. The Morgan fingerprint density at radius 3 is 2.38 bits per heavy atom. The molecule has 0 heterocycles. The highest BCUT2D eigenvalue weighted by atomic mass is 16.4. The summed E-state index contributed by atoms with van der Waals surface area (Å²) < 4.78 is 0. The van der Waals surface area contributed by atoms with Gasteiger partial charge in [-0.1, -0.05) is 18.2 Å². The predicted molar refractivity (Wildman–Crippen MR) is 60.5 cm³/mol. The fourth-order valence-corrected chi connectivity index (χ4v) is 1.11. The van der Waals surface area contributed by atoms with Gasteiger partial charge in [-0.2, -0.15) is 0 Å². The number of benzene rings is 1. The average molecular weight is 222 g/mol. The minimum atomic E-state index is -1.06. The van der Waals surface area contributed by atoms with Crippen LogP contribution in [0.1, 0.15) is 6.92 Å². The first-order valence-electron chi connectivity index (χ1n) is 4.84. The summed E-state index contributed by atoms with van der Waals surface area (Å²) >= 11 is 0. The summed E-state index contributed by atoms with van der Waals surface area (Å²) in [5.41, 5.74) is 0.706. The summed E-state index contributed by atoms with van der Waals surface area (Å²) in [7, 11) is 1.58. The highest BCUT2D eigenvalue weighted by Crippen LogP contribution is 2.10. The normalized spacial score (nSPS) is 11.6. The zero-order chi connectivity index (χ0) is 12.1. The smallest absolute Gasteiger partial charge is 0.325 e. The Balaban J connectivity index is 2.65. The van der Waals surface area contributed by atoms with Gasteiger partial charge in [-0.15, -0.1) is 0 Å². The Labute approximate surface area is 93.7 Å². The lowest BCUT2D eigenvalue weighted by Crippen LogP contribution is -2.45. The van der Waals surface area contributed by atoms with E-state index in [0.29, 0.717) is 5.69 Å². The Hall–Kier alpha value is -2.04. The van der Waals surface area contributed by atoms with Crippen LogP contribution in [-0.4, -0.2) is 30.2 Å². The van der Waals surface area contributed by atoms with Crippen LogP contribution in [0.2, 0.25) is 0 Å². The van der Waals surface area contributed by atoms with Crippen LogP contribution in [0.4, 0.5) is 10.5 Å². The zero-order valence-electron chi connectivity index (χ0n) is 9.18. The lowest BCUT2D eigenvalue weighted by atomic mass is 10.3. The number of rotatable bonds is 3. The fraction of sp³-hybridized carbons (Fsp3) is 0.273. The van der Waals surface area contributed by atoms with Crippen molar-refractivity contribution in [3.8, 4) is 0 Å². The van der Waals surface area contributed by atoms with Crippen LogP contribution in [0.5, 0.6) is 0 Å². The number of carboxylic acids is 1. The maximum absolute atomic E-state index is 11.6. The molecule has 1 aromatic rings. The lowest BCUT2D eigenvalue weighted by Gasteiger charge is -2.19. The van der Waals surface area contributed by atoms with Crippen LogP contribution in [0.3, 0.4) is 0 Å². The summed E-state index contributed by atoms with van der Waals surface area (Å²) in [5.74, 6) is -1.06. The van der Waals surface area contributed by atoms with Gasteiger partial charge in [-0.3, -0.25) is 9.69 Å². The number of nitrogens with zero attached hydrogens (tertiary/aromatic N) is 1. The Morgan fingerprint density at radius 1 is 1.31 bits per heavy atom. The molecule has 86 valence electrons. The molecule has 1 atom stereocenters. The van der Waals surface area contributed by atoms with Crippen molar-refractivity contribution in [2.24, 2.45) is 0 Å². The molecule has 0 fully saturated rings. The number of carbonyl (C=O) groups is 2. The SMILES string of the molecule is CC(NC(=O)N(C)c1ccccc1)C(=O)O. The van der Waals surface area contributed by atoms with Gasteiger partial charge >= 0.3 is 12.0 Å². The van der Waals surface area contributed by atoms with E-state index in [1.807, 2.05) is 6.07 Å². The largest absolute Gasteiger partial charge is 0.480 e. The molecule has 0 radical (unpaired) electrons. The number of hydrogen-bond acceptors (Lipinski definition) is 2. The molecule has 0 aliphatic rings. The van der Waals surface area contributed by atoms with Crippen molar-refractivity contribution in [3.05, 3.63) is 30.3 Å². The minimum Gasteiger partial charge on any atom is -0.480 e. The summed E-state index contributed by atoms with van der Waals surface area (Å²) in [6.07, 6.45) is 0. The number of nitrogens with one attached hydrogen (secondary N) is 1. The fourth-order valence-electron chi connectivity index (χ4n) is 1.11. The third kappa shape index (κ3) is 2.98. The molecular formula is C11H14N2O3. The molecule has 0 saturated heterocycles. The van der Waals surface area contributed by atoms with Crippen LogP contribution >= 0.6 is 0 Å². The van der Waals surface area contributed by atoms with Crippen molar-refractivity contribution in [2.45, 2.75) is 13.0 Å². The van der Waals surface area contributed by atoms with Gasteiger partial charge in [-0.05, 0) is 19.1 Å². The van der Waals surface area contributed by atoms with Gasteiger partial charge in [-0.25, -0.2) is 4.79 Å². The van der Waals surface area contributed by atoms with Crippen molar-refractivity contribution >= 4 is 17.7 Å². The predicted octanol–water partition coefficient (Wildman–Crippen LogP) is 1.31. The van der Waals surface area contributed by atoms with E-state index < -0.39 is 18.0 Å². The molecule has 16 heavy (non-hydrogen) atoms. The highest BCUT2D eigenvalue weighted by Gasteiger charge is 2.17. The number of para-hydroxylation sites is 1. The Bertz CT molecular complexity index is 378. The molecule has 0 bridgehead atoms. The average Bonchev–Trinajstić information content (AvgIpc) is 2.28. The quantitative estimate of drug-likeness (QED) is 0.810. The van der Waals surface area contributed by atoms with E-state index in [-0.39, 0.29) is 0 Å². The van der Waals surface area contributed by atoms with E-state index in [1.54, 1.807) is 31.3 Å². The molecule has 5 heteroatoms. The molecule has 2 N–H and O–H groups in total. The van der Waals surface area contributed by atoms with Gasteiger partial charge in [0.1, 0.15) is 6.04 Å². The third-order valence-corrected chi connectivity index (χ3v) is 2.16. The Kier molecular flexibility index (Phi) is 3.88. The molecule has 0 spiro atoms. The van der Waals surface area contributed by atoms with Crippen LogP contribution in [-0.2, 0) is 4.79 Å². The number of carboxylic acid groups (broad SMARTS) is 1. The number of hydrogen-bond donors (Lipinski definition) is 2. The second-order valence-electron chi connectivity index (χ2n) is 3.40. The molecule has 0 aromatic heterocycles. The van der Waals surface area contributed by atoms with Gasteiger partial charge in [0.25, 0.3) is 0 Å². The van der Waals surface area contributed by atoms with Crippen molar-refractivity contribution in [1.29, 1.82) is 0 Å². The van der Waals surface area contributed by atoms with E-state index in [4.69, 9.17) is 5.11 Å². The van der Waals surface area contributed by atoms with Gasteiger partial charge in [0.15, 0.2) is 0 Å². The summed E-state index contributed by atoms with van der Waals surface area (Å²) in [6, 6.07) is 7.64. The van der Waals surface area contributed by atoms with Crippen molar-refractivity contribution in [3.63, 3.8) is 0 Å². The van der Waals surface area contributed by atoms with Crippen molar-refractivity contribution in [1.82, 2.24) is 5.32 Å². The first-order valence-corrected chi connectivity index (χ1v) is 4.84. The van der Waals surface area contributed by atoms with Gasteiger partial charge in [0.2, 0.25) is 0 Å². The lowest BCUT2D eigenvalue weighted by molar-refractivity contribution is -0.138. The molecule has 0 aliphatic carbocycles. The number of aliphatic carboxylic acids is 1. The molecule has 0 aliphatic heterocycles. The second kappa shape index (κ2) is 5.16. The summed E-state index contributed by atoms with van der Waals surface area (Å²) in [4.78, 5) is 23.5. The molecule has 0 saturated carbocycles. The standard InChI is InChI=1S/C11H14N2O3/c1-8(10(14)15)12-11(16)13(2)9-6-4-3-5-7-9/h3-8H,1-2H3,(H,12,16)(H,14,15). The van der Waals surface area contributed by atoms with E-state index in [2.05, 4.69) is 5.32 Å². The van der Waals surface area contributed by atoms with Gasteiger partial charge in [0.05, 0.1) is 0 Å². The maximum Gasteiger partial charge on any atom is 0.325 e. The summed E-state index contributed by atoms with van der Waals surface area (Å²) in [6.45, 7) is 1.42. The van der Waals surface area contributed by atoms with Crippen LogP contribution in [0.25, 0.3) is 0 Å². The van der Waals surface area contributed by atoms with E-state index in [1.165, 1.54) is 11.8 Å². The molecule has 1 rings (SSSR count). The van der Waals surface area contributed by atoms with E-state index >= 15 is 0 Å². The number of amides is 2. The molecule has 2 amide bonds. The van der Waals surface area contributed by atoms with Crippen LogP contribution < -0.4 is 10.2 Å². The minimum absolute atomic E-state index is 0.443. The van der Waals surface area contributed by atoms with Crippen LogP contribution in [0, 0.1) is 0 Å². The molecule has 1 aromatic carbocycles. The van der Waals surface area contributed by atoms with Crippen molar-refractivity contribution in [2.75, 3.05) is 11.9 Å². The van der Waals surface area contributed by atoms with E-state index in [0.717, 1.165) is 0 Å². The molecule has 5 nitrogen and oxygen atoms in total. The number of carbonyl (C=O) groups excluding carboxylic acids is 1. The third-order valence-electron chi connectivity index (χ3n) is 2.16. The summed E-state index contributed by atoms with van der Waals surface area (Å²) in [5, 5.41) is 11.0. The number of anilines is 1. The topological polar surface area (TPSA) is 69.6 Å². The van der Waals surface area contributed by atoms with Gasteiger partial charge < -0.3 is 10.4 Å². The monoisotopic (exact) mass is 222 g/mol. The highest BCUT2D eigenvalue weighted by molar-refractivity contribution is 5.93. The molecular weight excluding hydrogens is 208 g/mol. The van der Waals surface area contributed by atoms with E-state index in [9.17, 15) is 9.59 Å². The number of urea groups is 1. The first-order chi connectivity index (χ1) is 7.52. The zero-order valence-corrected chi connectivity index (χ0v) is 9.18. The Morgan fingerprint density at radius 2 is 1.88 bits per heavy atom. The van der Waals surface area contributed by atoms with Crippen LogP contribution in [0.15, 0.2) is 30.3 Å². The second-order valence-corrected chi connectivity index (χ2v) is 3.40.